The van der Waals surface area contributed by atoms with Crippen LogP contribution in [0.2, 0.25) is 0 Å². The number of nitrogens with zero attached hydrogens (tertiary/aromatic N) is 2. The van der Waals surface area contributed by atoms with E-state index < -0.39 is 18.6 Å². The standard InChI is InChI=1S/C20H22F3N5O/c1-11(14-10-24-28-15(14)6-7-20(21,22)23)25-18(29)9-12-8-13(12)19-26-16-4-2-3-5-17(16)27-19/h2-5,10-13H,6-9H2,1H3,(H,24,28)(H,25,29)(H,26,27)/t11-,12+,13+/m1/s1. The molecule has 1 fully saturated rings. The van der Waals surface area contributed by atoms with Crippen molar-refractivity contribution in [3.05, 3.63) is 47.5 Å². The molecular formula is C20H22F3N5O. The van der Waals surface area contributed by atoms with E-state index in [-0.39, 0.29) is 24.2 Å². The van der Waals surface area contributed by atoms with E-state index in [0.717, 1.165) is 23.3 Å². The van der Waals surface area contributed by atoms with Crippen LogP contribution in [0.1, 0.15) is 55.2 Å². The first-order valence-electron chi connectivity index (χ1n) is 9.63. The molecule has 1 aliphatic carbocycles. The van der Waals surface area contributed by atoms with Crippen molar-refractivity contribution >= 4 is 16.9 Å². The number of benzene rings is 1. The van der Waals surface area contributed by atoms with Crippen molar-refractivity contribution in [2.45, 2.75) is 50.7 Å². The molecular weight excluding hydrogens is 383 g/mol. The number of hydrogen-bond acceptors (Lipinski definition) is 3. The molecule has 0 unspecified atom stereocenters. The Morgan fingerprint density at radius 3 is 2.90 bits per heavy atom. The molecule has 6 nitrogen and oxygen atoms in total. The van der Waals surface area contributed by atoms with Crippen LogP contribution in [0.4, 0.5) is 13.2 Å². The van der Waals surface area contributed by atoms with Crippen LogP contribution >= 0.6 is 0 Å². The number of carbonyl (C=O) groups is 1. The number of alkyl halides is 3. The van der Waals surface area contributed by atoms with Crippen LogP contribution in [0.5, 0.6) is 0 Å². The summed E-state index contributed by atoms with van der Waals surface area (Å²) in [5.41, 5.74) is 2.89. The highest BCUT2D eigenvalue weighted by Gasteiger charge is 2.42. The molecule has 29 heavy (non-hydrogen) atoms. The lowest BCUT2D eigenvalue weighted by Crippen LogP contribution is -2.27. The number of H-pyrrole nitrogens is 2. The molecule has 3 atom stereocenters. The van der Waals surface area contributed by atoms with Gasteiger partial charge in [0.15, 0.2) is 0 Å². The van der Waals surface area contributed by atoms with Crippen LogP contribution in [-0.4, -0.2) is 32.2 Å². The summed E-state index contributed by atoms with van der Waals surface area (Å²) in [5, 5.41) is 9.33. The average Bonchev–Trinajstić information content (AvgIpc) is 3.07. The van der Waals surface area contributed by atoms with E-state index in [4.69, 9.17) is 0 Å². The number of aromatic amines is 2. The van der Waals surface area contributed by atoms with Crippen LogP contribution in [0.15, 0.2) is 30.5 Å². The van der Waals surface area contributed by atoms with Crippen molar-refractivity contribution in [2.75, 3.05) is 0 Å². The molecule has 0 spiro atoms. The number of fused-ring (bicyclic) bond motifs is 1. The zero-order valence-electron chi connectivity index (χ0n) is 15.9. The molecule has 3 aromatic rings. The van der Waals surface area contributed by atoms with E-state index in [1.807, 2.05) is 24.3 Å². The van der Waals surface area contributed by atoms with Gasteiger partial charge in [-0.1, -0.05) is 12.1 Å². The number of amides is 1. The highest BCUT2D eigenvalue weighted by atomic mass is 19.4. The first kappa shape index (κ1) is 19.5. The Kier molecular flexibility index (Phi) is 5.06. The van der Waals surface area contributed by atoms with Crippen LogP contribution in [-0.2, 0) is 11.2 Å². The summed E-state index contributed by atoms with van der Waals surface area (Å²) in [4.78, 5) is 20.3. The van der Waals surface area contributed by atoms with Crippen molar-refractivity contribution in [3.8, 4) is 0 Å². The molecule has 1 saturated carbocycles. The van der Waals surface area contributed by atoms with Crippen LogP contribution < -0.4 is 5.32 Å². The predicted octanol–water partition coefficient (Wildman–Crippen LogP) is 4.15. The topological polar surface area (TPSA) is 86.5 Å². The lowest BCUT2D eigenvalue weighted by molar-refractivity contribution is -0.134. The van der Waals surface area contributed by atoms with Gasteiger partial charge in [-0.2, -0.15) is 18.3 Å². The summed E-state index contributed by atoms with van der Waals surface area (Å²) in [5.74, 6) is 1.24. The fourth-order valence-electron chi connectivity index (χ4n) is 3.73. The highest BCUT2D eigenvalue weighted by Crippen LogP contribution is 2.48. The zero-order valence-corrected chi connectivity index (χ0v) is 15.9. The van der Waals surface area contributed by atoms with Gasteiger partial charge < -0.3 is 10.3 Å². The van der Waals surface area contributed by atoms with E-state index >= 15 is 0 Å². The molecule has 0 aliphatic heterocycles. The SMILES string of the molecule is C[C@@H](NC(=O)C[C@@H]1C[C@@H]1c1nc2ccccc2[nH]1)c1cn[nH]c1CCC(F)(F)F. The summed E-state index contributed by atoms with van der Waals surface area (Å²) in [6.07, 6.45) is -2.61. The second-order valence-electron chi connectivity index (χ2n) is 7.65. The third kappa shape index (κ3) is 4.60. The highest BCUT2D eigenvalue weighted by molar-refractivity contribution is 5.78. The van der Waals surface area contributed by atoms with Crippen molar-refractivity contribution < 1.29 is 18.0 Å². The Labute approximate surface area is 165 Å². The first-order valence-corrected chi connectivity index (χ1v) is 9.63. The molecule has 154 valence electrons. The third-order valence-corrected chi connectivity index (χ3v) is 5.38. The third-order valence-electron chi connectivity index (χ3n) is 5.38. The Morgan fingerprint density at radius 2 is 2.14 bits per heavy atom. The molecule has 0 saturated heterocycles. The van der Waals surface area contributed by atoms with Crippen LogP contribution in [0.3, 0.4) is 0 Å². The fraction of sp³-hybridized carbons (Fsp3) is 0.450. The molecule has 9 heteroatoms. The average molecular weight is 405 g/mol. The van der Waals surface area contributed by atoms with Gasteiger partial charge in [0.25, 0.3) is 0 Å². The van der Waals surface area contributed by atoms with Gasteiger partial charge in [-0.3, -0.25) is 9.89 Å². The summed E-state index contributed by atoms with van der Waals surface area (Å²) in [7, 11) is 0. The summed E-state index contributed by atoms with van der Waals surface area (Å²) in [6, 6.07) is 7.39. The van der Waals surface area contributed by atoms with Crippen molar-refractivity contribution in [1.29, 1.82) is 0 Å². The summed E-state index contributed by atoms with van der Waals surface area (Å²) in [6.45, 7) is 1.75. The minimum Gasteiger partial charge on any atom is -0.349 e. The van der Waals surface area contributed by atoms with Gasteiger partial charge in [0.05, 0.1) is 23.3 Å². The number of aromatic nitrogens is 4. The van der Waals surface area contributed by atoms with Gasteiger partial charge in [-0.05, 0) is 37.8 Å². The maximum Gasteiger partial charge on any atom is 0.389 e. The Balaban J connectivity index is 1.31. The van der Waals surface area contributed by atoms with Crippen molar-refractivity contribution in [2.24, 2.45) is 5.92 Å². The van der Waals surface area contributed by atoms with Crippen LogP contribution in [0.25, 0.3) is 11.0 Å². The molecule has 3 N–H and O–H groups in total. The number of hydrogen-bond donors (Lipinski definition) is 3. The number of imidazole rings is 1. The number of aryl methyl sites for hydroxylation is 1. The number of nitrogens with one attached hydrogen (secondary N) is 3. The van der Waals surface area contributed by atoms with Crippen molar-refractivity contribution in [1.82, 2.24) is 25.5 Å². The second-order valence-corrected chi connectivity index (χ2v) is 7.65. The zero-order chi connectivity index (χ0) is 20.6. The molecule has 1 amide bonds. The molecule has 1 aliphatic rings. The van der Waals surface area contributed by atoms with E-state index in [9.17, 15) is 18.0 Å². The lowest BCUT2D eigenvalue weighted by atomic mass is 10.1. The van der Waals surface area contributed by atoms with Gasteiger partial charge >= 0.3 is 6.18 Å². The largest absolute Gasteiger partial charge is 0.389 e. The Hall–Kier alpha value is -2.84. The first-order chi connectivity index (χ1) is 13.8. The normalized spacial score (nSPS) is 20.0. The smallest absolute Gasteiger partial charge is 0.349 e. The lowest BCUT2D eigenvalue weighted by Gasteiger charge is -2.15. The van der Waals surface area contributed by atoms with Gasteiger partial charge in [-0.15, -0.1) is 0 Å². The molecule has 1 aromatic carbocycles. The fourth-order valence-corrected chi connectivity index (χ4v) is 3.73. The number of rotatable bonds is 7. The number of carbonyl (C=O) groups excluding carboxylic acids is 1. The minimum atomic E-state index is -4.23. The molecule has 2 heterocycles. The maximum absolute atomic E-state index is 12.5. The molecule has 2 aromatic heterocycles. The number of halogens is 3. The van der Waals surface area contributed by atoms with Gasteiger partial charge in [-0.25, -0.2) is 4.98 Å². The maximum atomic E-state index is 12.5. The minimum absolute atomic E-state index is 0.121. The second kappa shape index (κ2) is 7.53. The monoisotopic (exact) mass is 405 g/mol. The van der Waals surface area contributed by atoms with E-state index in [1.165, 1.54) is 6.20 Å². The van der Waals surface area contributed by atoms with Gasteiger partial charge in [0.1, 0.15) is 5.82 Å². The van der Waals surface area contributed by atoms with Gasteiger partial charge in [0.2, 0.25) is 5.91 Å². The van der Waals surface area contributed by atoms with E-state index in [0.29, 0.717) is 17.7 Å². The Morgan fingerprint density at radius 1 is 1.34 bits per heavy atom. The number of para-hydroxylation sites is 2. The predicted molar refractivity (Wildman–Crippen MR) is 101 cm³/mol. The summed E-state index contributed by atoms with van der Waals surface area (Å²) < 4.78 is 37.4. The Bertz CT molecular complexity index is 976. The molecule has 4 rings (SSSR count). The van der Waals surface area contributed by atoms with Gasteiger partial charge in [0, 0.05) is 30.0 Å². The quantitative estimate of drug-likeness (QED) is 0.552. The van der Waals surface area contributed by atoms with E-state index in [2.05, 4.69) is 25.5 Å². The van der Waals surface area contributed by atoms with Crippen LogP contribution in [0, 0.1) is 5.92 Å². The summed E-state index contributed by atoms with van der Waals surface area (Å²) >= 11 is 0. The molecule has 0 radical (unpaired) electrons. The van der Waals surface area contributed by atoms with E-state index in [1.54, 1.807) is 6.92 Å². The van der Waals surface area contributed by atoms with Crippen molar-refractivity contribution in [3.63, 3.8) is 0 Å². The molecule has 0 bridgehead atoms.